The Kier molecular flexibility index (Phi) is 4.33. The molecule has 0 bridgehead atoms. The van der Waals surface area contributed by atoms with Gasteiger partial charge in [-0.1, -0.05) is 0 Å². The second-order valence-electron chi connectivity index (χ2n) is 6.88. The Morgan fingerprint density at radius 2 is 2.20 bits per heavy atom. The van der Waals surface area contributed by atoms with Gasteiger partial charge >= 0.3 is 0 Å². The van der Waals surface area contributed by atoms with Crippen molar-refractivity contribution in [3.05, 3.63) is 29.1 Å². The molecular formula is C18H21FN2O4. The first-order chi connectivity index (χ1) is 12.1. The van der Waals surface area contributed by atoms with Gasteiger partial charge in [0.05, 0.1) is 12.5 Å². The number of fused-ring (bicyclic) bond motifs is 1. The Morgan fingerprint density at radius 1 is 1.36 bits per heavy atom. The van der Waals surface area contributed by atoms with Gasteiger partial charge in [0, 0.05) is 31.1 Å². The number of carbonyl (C=O) groups is 2. The molecule has 0 spiro atoms. The number of hydrogen-bond acceptors (Lipinski definition) is 4. The minimum Gasteiger partial charge on any atom is -0.467 e. The number of likely N-dealkylation sites (tertiary alicyclic amines) is 1. The third kappa shape index (κ3) is 3.46. The van der Waals surface area contributed by atoms with Gasteiger partial charge in [0.1, 0.15) is 11.6 Å². The smallest absolute Gasteiger partial charge is 0.225 e. The lowest BCUT2D eigenvalue weighted by atomic mass is 10.0. The van der Waals surface area contributed by atoms with E-state index in [1.807, 2.05) is 4.90 Å². The highest BCUT2D eigenvalue weighted by Gasteiger charge is 2.41. The molecule has 6 nitrogen and oxygen atoms in total. The van der Waals surface area contributed by atoms with Crippen LogP contribution >= 0.6 is 0 Å². The van der Waals surface area contributed by atoms with E-state index in [1.54, 1.807) is 0 Å². The fourth-order valence-electron chi connectivity index (χ4n) is 3.55. The van der Waals surface area contributed by atoms with E-state index < -0.39 is 0 Å². The van der Waals surface area contributed by atoms with Gasteiger partial charge in [-0.05, 0) is 37.0 Å². The van der Waals surface area contributed by atoms with Crippen LogP contribution in [0.3, 0.4) is 0 Å². The number of carbonyl (C=O) groups excluding carboxylic acids is 2. The van der Waals surface area contributed by atoms with Crippen molar-refractivity contribution in [1.29, 1.82) is 0 Å². The largest absolute Gasteiger partial charge is 0.467 e. The van der Waals surface area contributed by atoms with E-state index in [4.69, 9.17) is 9.47 Å². The van der Waals surface area contributed by atoms with E-state index in [2.05, 4.69) is 5.32 Å². The van der Waals surface area contributed by atoms with Gasteiger partial charge < -0.3 is 19.7 Å². The van der Waals surface area contributed by atoms with Crippen LogP contribution in [-0.4, -0.2) is 42.6 Å². The van der Waals surface area contributed by atoms with Gasteiger partial charge in [-0.3, -0.25) is 9.59 Å². The summed E-state index contributed by atoms with van der Waals surface area (Å²) >= 11 is 0. The van der Waals surface area contributed by atoms with E-state index in [0.29, 0.717) is 43.5 Å². The zero-order chi connectivity index (χ0) is 17.4. The third-order valence-corrected chi connectivity index (χ3v) is 4.96. The van der Waals surface area contributed by atoms with Crippen LogP contribution in [0.25, 0.3) is 0 Å². The topological polar surface area (TPSA) is 67.9 Å². The van der Waals surface area contributed by atoms with Crippen LogP contribution in [-0.2, 0) is 27.4 Å². The second kappa shape index (κ2) is 6.63. The van der Waals surface area contributed by atoms with Gasteiger partial charge in [0.2, 0.25) is 11.8 Å². The summed E-state index contributed by atoms with van der Waals surface area (Å²) in [4.78, 5) is 26.1. The summed E-state index contributed by atoms with van der Waals surface area (Å²) in [5.74, 6) is 0.00828. The average Bonchev–Trinajstić information content (AvgIpc) is 3.36. The third-order valence-electron chi connectivity index (χ3n) is 4.96. The number of ether oxygens (including phenoxy) is 2. The molecule has 1 N–H and O–H groups in total. The SMILES string of the molecule is O=C(NCCc1cc(F)cc2c1OCOC2)[C@@H]1CC(=O)N(C2CC2)C1. The molecule has 0 unspecified atom stereocenters. The lowest BCUT2D eigenvalue weighted by Crippen LogP contribution is -2.34. The number of nitrogens with zero attached hydrogens (tertiary/aromatic N) is 1. The molecule has 0 radical (unpaired) electrons. The Labute approximate surface area is 145 Å². The zero-order valence-corrected chi connectivity index (χ0v) is 13.9. The van der Waals surface area contributed by atoms with Crippen LogP contribution < -0.4 is 10.1 Å². The van der Waals surface area contributed by atoms with Crippen LogP contribution in [0.1, 0.15) is 30.4 Å². The van der Waals surface area contributed by atoms with Crippen molar-refractivity contribution in [2.75, 3.05) is 19.9 Å². The normalized spacial score (nSPS) is 22.5. The predicted molar refractivity (Wildman–Crippen MR) is 86.2 cm³/mol. The lowest BCUT2D eigenvalue weighted by Gasteiger charge is -2.21. The first-order valence-electron chi connectivity index (χ1n) is 8.71. The van der Waals surface area contributed by atoms with Crippen LogP contribution in [0, 0.1) is 11.7 Å². The van der Waals surface area contributed by atoms with Crippen LogP contribution in [0.15, 0.2) is 12.1 Å². The van der Waals surface area contributed by atoms with Crippen molar-refractivity contribution in [1.82, 2.24) is 10.2 Å². The fourth-order valence-corrected chi connectivity index (χ4v) is 3.55. The van der Waals surface area contributed by atoms with Crippen molar-refractivity contribution in [3.63, 3.8) is 0 Å². The standard InChI is InChI=1S/C18H21FN2O4/c19-14-5-11(17-13(6-14)9-24-10-25-17)3-4-20-18(23)12-7-16(22)21(8-12)15-1-2-15/h5-6,12,15H,1-4,7-10H2,(H,20,23)/t12-/m1/s1. The second-order valence-corrected chi connectivity index (χ2v) is 6.88. The van der Waals surface area contributed by atoms with Gasteiger partial charge in [-0.25, -0.2) is 4.39 Å². The molecule has 2 fully saturated rings. The molecule has 2 aliphatic heterocycles. The van der Waals surface area contributed by atoms with Crippen LogP contribution in [0.4, 0.5) is 4.39 Å². The van der Waals surface area contributed by atoms with E-state index in [9.17, 15) is 14.0 Å². The fraction of sp³-hybridized carbons (Fsp3) is 0.556. The molecule has 134 valence electrons. The molecule has 3 aliphatic rings. The van der Waals surface area contributed by atoms with Gasteiger partial charge in [-0.15, -0.1) is 0 Å². The first-order valence-corrected chi connectivity index (χ1v) is 8.71. The Morgan fingerprint density at radius 3 is 3.00 bits per heavy atom. The quantitative estimate of drug-likeness (QED) is 0.873. The first kappa shape index (κ1) is 16.3. The predicted octanol–water partition coefficient (Wildman–Crippen LogP) is 1.36. The minimum atomic E-state index is -0.337. The molecule has 0 aromatic heterocycles. The Hall–Kier alpha value is -2.15. The summed E-state index contributed by atoms with van der Waals surface area (Å²) < 4.78 is 24.4. The maximum absolute atomic E-state index is 13.7. The number of nitrogens with one attached hydrogen (secondary N) is 1. The van der Waals surface area contributed by atoms with Crippen molar-refractivity contribution in [2.45, 2.75) is 38.3 Å². The van der Waals surface area contributed by atoms with Crippen molar-refractivity contribution >= 4 is 11.8 Å². The molecule has 7 heteroatoms. The van der Waals surface area contributed by atoms with Crippen LogP contribution in [0.5, 0.6) is 5.75 Å². The average molecular weight is 348 g/mol. The Balaban J connectivity index is 1.33. The maximum atomic E-state index is 13.7. The van der Waals surface area contributed by atoms with Crippen LogP contribution in [0.2, 0.25) is 0 Å². The molecule has 1 saturated heterocycles. The van der Waals surface area contributed by atoms with Crippen molar-refractivity contribution in [2.24, 2.45) is 5.92 Å². The zero-order valence-electron chi connectivity index (χ0n) is 13.9. The highest BCUT2D eigenvalue weighted by Crippen LogP contribution is 2.33. The number of amides is 2. The molecule has 2 amide bonds. The summed E-state index contributed by atoms with van der Waals surface area (Å²) in [6, 6.07) is 3.20. The number of halogens is 1. The highest BCUT2D eigenvalue weighted by atomic mass is 19.1. The molecule has 1 aromatic carbocycles. The van der Waals surface area contributed by atoms with Gasteiger partial charge in [0.25, 0.3) is 0 Å². The summed E-state index contributed by atoms with van der Waals surface area (Å²) in [7, 11) is 0. The maximum Gasteiger partial charge on any atom is 0.225 e. The summed E-state index contributed by atoms with van der Waals surface area (Å²) in [5, 5.41) is 2.87. The number of rotatable bonds is 5. The van der Waals surface area contributed by atoms with Gasteiger partial charge in [0.15, 0.2) is 6.79 Å². The highest BCUT2D eigenvalue weighted by molar-refractivity contribution is 5.89. The molecular weight excluding hydrogens is 327 g/mol. The summed E-state index contributed by atoms with van der Waals surface area (Å²) in [6.45, 7) is 1.38. The van der Waals surface area contributed by atoms with E-state index in [0.717, 1.165) is 18.4 Å². The monoisotopic (exact) mass is 348 g/mol. The van der Waals surface area contributed by atoms with E-state index in [-0.39, 0.29) is 36.8 Å². The summed E-state index contributed by atoms with van der Waals surface area (Å²) in [6.07, 6.45) is 2.86. The molecule has 1 saturated carbocycles. The lowest BCUT2D eigenvalue weighted by molar-refractivity contribution is -0.129. The molecule has 25 heavy (non-hydrogen) atoms. The molecule has 2 heterocycles. The Bertz CT molecular complexity index is 705. The number of hydrogen-bond donors (Lipinski definition) is 1. The number of benzene rings is 1. The molecule has 1 aromatic rings. The molecule has 1 atom stereocenters. The minimum absolute atomic E-state index is 0.0789. The van der Waals surface area contributed by atoms with Gasteiger partial charge in [-0.2, -0.15) is 0 Å². The van der Waals surface area contributed by atoms with E-state index >= 15 is 0 Å². The van der Waals surface area contributed by atoms with Crippen molar-refractivity contribution < 1.29 is 23.5 Å². The van der Waals surface area contributed by atoms with Crippen molar-refractivity contribution in [3.8, 4) is 5.75 Å². The molecule has 4 rings (SSSR count). The van der Waals surface area contributed by atoms with E-state index in [1.165, 1.54) is 12.1 Å². The molecule has 1 aliphatic carbocycles. The summed E-state index contributed by atoms with van der Waals surface area (Å²) in [5.41, 5.74) is 1.41.